The van der Waals surface area contributed by atoms with E-state index in [2.05, 4.69) is 25.6 Å². The van der Waals surface area contributed by atoms with Crippen molar-refractivity contribution >= 4 is 5.91 Å². The highest BCUT2D eigenvalue weighted by atomic mass is 16.5. The topological polar surface area (TPSA) is 133 Å². The fourth-order valence-corrected chi connectivity index (χ4v) is 2.62. The lowest BCUT2D eigenvalue weighted by Crippen LogP contribution is -2.18. The Morgan fingerprint density at radius 1 is 0.839 bits per heavy atom. The quantitative estimate of drug-likeness (QED) is 0.503. The molecule has 0 spiro atoms. The maximum Gasteiger partial charge on any atom is 0.223 e. The predicted molar refractivity (Wildman–Crippen MR) is 114 cm³/mol. The van der Waals surface area contributed by atoms with Gasteiger partial charge in [-0.15, -0.1) is 0 Å². The summed E-state index contributed by atoms with van der Waals surface area (Å²) in [7, 11) is 0. The Labute approximate surface area is 179 Å². The van der Waals surface area contributed by atoms with Crippen molar-refractivity contribution in [2.24, 2.45) is 5.73 Å². The van der Waals surface area contributed by atoms with Crippen LogP contribution in [0.2, 0.25) is 0 Å². The number of hydrogen-bond donors (Lipinski definition) is 2. The summed E-state index contributed by atoms with van der Waals surface area (Å²) in [5.74, 6) is 2.27. The van der Waals surface area contributed by atoms with Crippen LogP contribution < -0.4 is 11.1 Å². The van der Waals surface area contributed by atoms with E-state index in [0.29, 0.717) is 36.5 Å². The van der Waals surface area contributed by atoms with Crippen molar-refractivity contribution in [3.8, 4) is 22.8 Å². The Morgan fingerprint density at radius 2 is 1.29 bits per heavy atom. The molecule has 0 aliphatic carbocycles. The molecule has 4 aromatic rings. The van der Waals surface area contributed by atoms with Gasteiger partial charge in [0.05, 0.1) is 0 Å². The molecular formula is C22H24N6O3. The number of rotatable bonds is 5. The SMILES string of the molecule is CC(=O)NCc1ccc(-c2noc(C)n2)cc1.Cc1nc(-c2ccc(CN)cc2)no1. The first kappa shape index (κ1) is 21.8. The van der Waals surface area contributed by atoms with Gasteiger partial charge in [0.1, 0.15) is 0 Å². The lowest BCUT2D eigenvalue weighted by Gasteiger charge is -2.02. The Hall–Kier alpha value is -3.85. The summed E-state index contributed by atoms with van der Waals surface area (Å²) in [5.41, 5.74) is 9.46. The zero-order valence-corrected chi connectivity index (χ0v) is 17.6. The summed E-state index contributed by atoms with van der Waals surface area (Å²) >= 11 is 0. The summed E-state index contributed by atoms with van der Waals surface area (Å²) in [6, 6.07) is 15.5. The number of nitrogens with one attached hydrogen (secondary N) is 1. The van der Waals surface area contributed by atoms with Crippen molar-refractivity contribution in [3.05, 3.63) is 71.4 Å². The van der Waals surface area contributed by atoms with Crippen LogP contribution in [-0.4, -0.2) is 26.2 Å². The van der Waals surface area contributed by atoms with Crippen molar-refractivity contribution in [1.82, 2.24) is 25.6 Å². The van der Waals surface area contributed by atoms with Crippen molar-refractivity contribution in [2.75, 3.05) is 0 Å². The largest absolute Gasteiger partial charge is 0.352 e. The molecule has 2 heterocycles. The van der Waals surface area contributed by atoms with Gasteiger partial charge in [-0.2, -0.15) is 9.97 Å². The normalized spacial score (nSPS) is 10.3. The van der Waals surface area contributed by atoms with Gasteiger partial charge in [-0.3, -0.25) is 4.79 Å². The molecule has 0 bridgehead atoms. The average Bonchev–Trinajstić information content (AvgIpc) is 3.41. The van der Waals surface area contributed by atoms with E-state index in [1.54, 1.807) is 13.8 Å². The second-order valence-electron chi connectivity index (χ2n) is 6.78. The molecule has 1 amide bonds. The highest BCUT2D eigenvalue weighted by Crippen LogP contribution is 2.17. The number of aromatic nitrogens is 4. The first-order valence-corrected chi connectivity index (χ1v) is 9.68. The van der Waals surface area contributed by atoms with E-state index in [-0.39, 0.29) is 5.91 Å². The lowest BCUT2D eigenvalue weighted by molar-refractivity contribution is -0.119. The fourth-order valence-electron chi connectivity index (χ4n) is 2.62. The van der Waals surface area contributed by atoms with Gasteiger partial charge in [0.2, 0.25) is 29.3 Å². The molecule has 0 radical (unpaired) electrons. The monoisotopic (exact) mass is 420 g/mol. The van der Waals surface area contributed by atoms with Gasteiger partial charge in [0.25, 0.3) is 0 Å². The molecule has 4 rings (SSSR count). The summed E-state index contributed by atoms with van der Waals surface area (Å²) in [6.07, 6.45) is 0. The molecule has 0 saturated carbocycles. The zero-order valence-electron chi connectivity index (χ0n) is 17.6. The summed E-state index contributed by atoms with van der Waals surface area (Å²) < 4.78 is 9.80. The van der Waals surface area contributed by atoms with Crippen LogP contribution in [0.3, 0.4) is 0 Å². The van der Waals surface area contributed by atoms with Crippen LogP contribution in [-0.2, 0) is 17.9 Å². The van der Waals surface area contributed by atoms with Crippen molar-refractivity contribution in [3.63, 3.8) is 0 Å². The number of hydrogen-bond acceptors (Lipinski definition) is 8. The molecule has 9 nitrogen and oxygen atoms in total. The van der Waals surface area contributed by atoms with Crippen LogP contribution in [0.15, 0.2) is 57.6 Å². The molecule has 2 aromatic heterocycles. The molecule has 0 atom stereocenters. The molecule has 160 valence electrons. The molecule has 0 saturated heterocycles. The fraction of sp³-hybridized carbons (Fsp3) is 0.227. The van der Waals surface area contributed by atoms with E-state index >= 15 is 0 Å². The standard InChI is InChI=1S/C12H13N3O2.C10H11N3O/c1-8(16)13-7-10-3-5-11(6-4-10)12-14-9(2)17-15-12;1-7-12-10(13-14-7)9-4-2-8(6-11)3-5-9/h3-6H,7H2,1-2H3,(H,13,16);2-5H,6,11H2,1H3. The number of benzene rings is 2. The summed E-state index contributed by atoms with van der Waals surface area (Å²) in [6.45, 7) is 6.09. The van der Waals surface area contributed by atoms with Crippen molar-refractivity contribution in [2.45, 2.75) is 33.9 Å². The Kier molecular flexibility index (Phi) is 7.23. The smallest absolute Gasteiger partial charge is 0.223 e. The highest BCUT2D eigenvalue weighted by Gasteiger charge is 2.06. The summed E-state index contributed by atoms with van der Waals surface area (Å²) in [5, 5.41) is 10.4. The lowest BCUT2D eigenvalue weighted by atomic mass is 10.1. The predicted octanol–water partition coefficient (Wildman–Crippen LogP) is 3.18. The van der Waals surface area contributed by atoms with E-state index in [0.717, 1.165) is 22.3 Å². The van der Waals surface area contributed by atoms with Gasteiger partial charge >= 0.3 is 0 Å². The van der Waals surface area contributed by atoms with E-state index in [1.807, 2.05) is 48.5 Å². The molecule has 0 aliphatic rings. The van der Waals surface area contributed by atoms with E-state index in [4.69, 9.17) is 14.8 Å². The van der Waals surface area contributed by atoms with Gasteiger partial charge in [-0.1, -0.05) is 58.8 Å². The number of carbonyl (C=O) groups excluding carboxylic acids is 1. The third kappa shape index (κ3) is 6.31. The Morgan fingerprint density at radius 3 is 1.65 bits per heavy atom. The van der Waals surface area contributed by atoms with Gasteiger partial charge in [0.15, 0.2) is 0 Å². The zero-order chi connectivity index (χ0) is 22.2. The third-order valence-corrected chi connectivity index (χ3v) is 4.26. The van der Waals surface area contributed by atoms with Crippen molar-refractivity contribution in [1.29, 1.82) is 0 Å². The third-order valence-electron chi connectivity index (χ3n) is 4.26. The first-order valence-electron chi connectivity index (χ1n) is 9.68. The molecule has 31 heavy (non-hydrogen) atoms. The van der Waals surface area contributed by atoms with Crippen LogP contribution >= 0.6 is 0 Å². The van der Waals surface area contributed by atoms with Gasteiger partial charge in [0, 0.05) is 45.0 Å². The highest BCUT2D eigenvalue weighted by molar-refractivity contribution is 5.72. The minimum Gasteiger partial charge on any atom is -0.352 e. The Balaban J connectivity index is 0.000000179. The maximum atomic E-state index is 10.8. The minimum atomic E-state index is -0.0390. The first-order chi connectivity index (χ1) is 14.9. The molecular weight excluding hydrogens is 396 g/mol. The Bertz CT molecular complexity index is 1120. The molecule has 3 N–H and O–H groups in total. The van der Waals surface area contributed by atoms with Crippen LogP contribution in [0.1, 0.15) is 29.8 Å². The average molecular weight is 420 g/mol. The van der Waals surface area contributed by atoms with Gasteiger partial charge in [-0.25, -0.2) is 0 Å². The van der Waals surface area contributed by atoms with Gasteiger partial charge in [-0.05, 0) is 11.1 Å². The number of amides is 1. The number of nitrogens with zero attached hydrogens (tertiary/aromatic N) is 4. The van der Waals surface area contributed by atoms with E-state index in [9.17, 15) is 4.79 Å². The molecule has 0 fully saturated rings. The van der Waals surface area contributed by atoms with Gasteiger partial charge < -0.3 is 20.1 Å². The molecule has 9 heteroatoms. The second-order valence-corrected chi connectivity index (χ2v) is 6.78. The second kappa shape index (κ2) is 10.3. The van der Waals surface area contributed by atoms with Crippen molar-refractivity contribution < 1.29 is 13.8 Å². The summed E-state index contributed by atoms with van der Waals surface area (Å²) in [4.78, 5) is 19.0. The molecule has 2 aromatic carbocycles. The van der Waals surface area contributed by atoms with Crippen LogP contribution in [0.25, 0.3) is 22.8 Å². The molecule has 0 unspecified atom stereocenters. The number of nitrogens with two attached hydrogens (primary N) is 1. The van der Waals surface area contributed by atoms with Crippen LogP contribution in [0.4, 0.5) is 0 Å². The maximum absolute atomic E-state index is 10.8. The van der Waals surface area contributed by atoms with E-state index < -0.39 is 0 Å². The van der Waals surface area contributed by atoms with Crippen LogP contribution in [0.5, 0.6) is 0 Å². The molecule has 0 aliphatic heterocycles. The number of carbonyl (C=O) groups is 1. The van der Waals surface area contributed by atoms with Crippen LogP contribution in [0, 0.1) is 13.8 Å². The minimum absolute atomic E-state index is 0.0390. The van der Waals surface area contributed by atoms with E-state index in [1.165, 1.54) is 6.92 Å². The number of aryl methyl sites for hydroxylation is 2.